The summed E-state index contributed by atoms with van der Waals surface area (Å²) < 4.78 is 10.7. The van der Waals surface area contributed by atoms with Gasteiger partial charge in [0.25, 0.3) is 0 Å². The summed E-state index contributed by atoms with van der Waals surface area (Å²) in [7, 11) is 3.15. The fourth-order valence-corrected chi connectivity index (χ4v) is 4.70. The number of aromatic hydroxyl groups is 1. The van der Waals surface area contributed by atoms with Crippen molar-refractivity contribution in [3.63, 3.8) is 0 Å². The van der Waals surface area contributed by atoms with Crippen molar-refractivity contribution >= 4 is 0 Å². The lowest BCUT2D eigenvalue weighted by Crippen LogP contribution is -2.56. The van der Waals surface area contributed by atoms with Gasteiger partial charge in [0.2, 0.25) is 5.75 Å². The van der Waals surface area contributed by atoms with Crippen LogP contribution in [0.4, 0.5) is 0 Å². The van der Waals surface area contributed by atoms with Crippen LogP contribution in [0.2, 0.25) is 0 Å². The highest BCUT2D eigenvalue weighted by atomic mass is 16.5. The Morgan fingerprint density at radius 1 is 1.00 bits per heavy atom. The van der Waals surface area contributed by atoms with Gasteiger partial charge in [0.1, 0.15) is 0 Å². The minimum absolute atomic E-state index is 0.0650. The van der Waals surface area contributed by atoms with Crippen molar-refractivity contribution in [1.29, 1.82) is 0 Å². The zero-order valence-electron chi connectivity index (χ0n) is 16.8. The van der Waals surface area contributed by atoms with Crippen molar-refractivity contribution in [2.75, 3.05) is 33.9 Å². The van der Waals surface area contributed by atoms with E-state index in [1.165, 1.54) is 24.9 Å². The van der Waals surface area contributed by atoms with Crippen LogP contribution in [0, 0.1) is 0 Å². The van der Waals surface area contributed by atoms with Gasteiger partial charge in [-0.05, 0) is 49.1 Å². The molecule has 0 amide bonds. The van der Waals surface area contributed by atoms with Gasteiger partial charge < -0.3 is 14.6 Å². The average Bonchev–Trinajstić information content (AvgIpc) is 3.17. The Bertz CT molecular complexity index is 771. The number of methoxy groups -OCH3 is 2. The van der Waals surface area contributed by atoms with Crippen LogP contribution in [0.15, 0.2) is 42.5 Å². The van der Waals surface area contributed by atoms with Gasteiger partial charge in [-0.2, -0.15) is 0 Å². The number of hydrogen-bond acceptors (Lipinski definition) is 5. The number of benzene rings is 2. The van der Waals surface area contributed by atoms with Gasteiger partial charge >= 0.3 is 0 Å². The first-order valence-corrected chi connectivity index (χ1v) is 10.1. The van der Waals surface area contributed by atoms with E-state index >= 15 is 0 Å². The molecule has 2 heterocycles. The van der Waals surface area contributed by atoms with E-state index in [9.17, 15) is 5.11 Å². The van der Waals surface area contributed by atoms with Crippen LogP contribution >= 0.6 is 0 Å². The van der Waals surface area contributed by atoms with Crippen molar-refractivity contribution in [2.45, 2.75) is 37.9 Å². The summed E-state index contributed by atoms with van der Waals surface area (Å²) in [6.45, 7) is 4.26. The first-order chi connectivity index (χ1) is 13.7. The van der Waals surface area contributed by atoms with E-state index in [-0.39, 0.29) is 5.75 Å². The molecular formula is C23H30N2O3. The number of piperazine rings is 1. The number of phenolic OH excluding ortho intramolecular Hbond substituents is 1. The molecule has 0 radical (unpaired) electrons. The maximum absolute atomic E-state index is 10.2. The SMILES string of the molecule is COc1cc(CN2C[C@@H]3CCCN3C[C@H]2Cc2ccccc2)cc(OC)c1O. The van der Waals surface area contributed by atoms with Crippen LogP contribution in [0.25, 0.3) is 0 Å². The first-order valence-electron chi connectivity index (χ1n) is 10.1. The second-order valence-electron chi connectivity index (χ2n) is 7.91. The molecule has 150 valence electrons. The predicted molar refractivity (Wildman–Crippen MR) is 110 cm³/mol. The van der Waals surface area contributed by atoms with Crippen LogP contribution in [0.5, 0.6) is 17.2 Å². The van der Waals surface area contributed by atoms with E-state index in [0.717, 1.165) is 31.6 Å². The van der Waals surface area contributed by atoms with E-state index in [1.807, 2.05) is 12.1 Å². The van der Waals surface area contributed by atoms with Gasteiger partial charge in [-0.3, -0.25) is 9.80 Å². The monoisotopic (exact) mass is 382 g/mol. The molecular weight excluding hydrogens is 352 g/mol. The quantitative estimate of drug-likeness (QED) is 0.831. The number of rotatable bonds is 6. The molecule has 0 saturated carbocycles. The molecule has 0 spiro atoms. The molecule has 2 atom stereocenters. The standard InChI is InChI=1S/C23H30N2O3/c1-27-21-12-18(13-22(28-2)23(21)26)14-25-15-19-9-6-10-24(19)16-20(25)11-17-7-4-3-5-8-17/h3-5,7-8,12-13,19-20,26H,6,9-11,14-16H2,1-2H3/t19-,20+/m0/s1. The van der Waals surface area contributed by atoms with E-state index < -0.39 is 0 Å². The summed E-state index contributed by atoms with van der Waals surface area (Å²) in [6, 6.07) is 15.8. The summed E-state index contributed by atoms with van der Waals surface area (Å²) in [6.07, 6.45) is 3.64. The lowest BCUT2D eigenvalue weighted by atomic mass is 9.99. The number of phenols is 1. The molecule has 2 aliphatic heterocycles. The Balaban J connectivity index is 1.57. The highest BCUT2D eigenvalue weighted by molar-refractivity contribution is 5.52. The maximum Gasteiger partial charge on any atom is 0.200 e. The Morgan fingerprint density at radius 2 is 1.71 bits per heavy atom. The van der Waals surface area contributed by atoms with Crippen LogP contribution in [-0.4, -0.2) is 60.8 Å². The van der Waals surface area contributed by atoms with Gasteiger partial charge in [0, 0.05) is 31.7 Å². The molecule has 0 unspecified atom stereocenters. The van der Waals surface area contributed by atoms with Crippen molar-refractivity contribution < 1.29 is 14.6 Å². The van der Waals surface area contributed by atoms with E-state index in [2.05, 4.69) is 40.1 Å². The molecule has 2 fully saturated rings. The van der Waals surface area contributed by atoms with Crippen LogP contribution in [0.3, 0.4) is 0 Å². The zero-order chi connectivity index (χ0) is 19.5. The minimum atomic E-state index is 0.0650. The minimum Gasteiger partial charge on any atom is -0.502 e. The van der Waals surface area contributed by atoms with Gasteiger partial charge in [-0.1, -0.05) is 30.3 Å². The van der Waals surface area contributed by atoms with Gasteiger partial charge in [-0.25, -0.2) is 0 Å². The summed E-state index contributed by atoms with van der Waals surface area (Å²) in [4.78, 5) is 5.27. The third-order valence-electron chi connectivity index (χ3n) is 6.15. The molecule has 0 aromatic heterocycles. The fraction of sp³-hybridized carbons (Fsp3) is 0.478. The lowest BCUT2D eigenvalue weighted by molar-refractivity contribution is 0.0455. The van der Waals surface area contributed by atoms with Gasteiger partial charge in [0.15, 0.2) is 11.5 Å². The van der Waals surface area contributed by atoms with Crippen LogP contribution < -0.4 is 9.47 Å². The van der Waals surface area contributed by atoms with Crippen molar-refractivity contribution in [3.05, 3.63) is 53.6 Å². The number of nitrogens with zero attached hydrogens (tertiary/aromatic N) is 2. The molecule has 2 aromatic rings. The molecule has 0 aliphatic carbocycles. The fourth-order valence-electron chi connectivity index (χ4n) is 4.70. The number of fused-ring (bicyclic) bond motifs is 1. The van der Waals surface area contributed by atoms with Crippen LogP contribution in [-0.2, 0) is 13.0 Å². The van der Waals surface area contributed by atoms with E-state index in [0.29, 0.717) is 23.6 Å². The van der Waals surface area contributed by atoms with Crippen molar-refractivity contribution in [2.24, 2.45) is 0 Å². The molecule has 0 bridgehead atoms. The third-order valence-corrected chi connectivity index (χ3v) is 6.15. The molecule has 5 nitrogen and oxygen atoms in total. The molecule has 1 N–H and O–H groups in total. The molecule has 2 saturated heterocycles. The summed E-state index contributed by atoms with van der Waals surface area (Å²) in [5, 5.41) is 10.2. The molecule has 2 aromatic carbocycles. The summed E-state index contributed by atoms with van der Waals surface area (Å²) in [5.41, 5.74) is 2.49. The molecule has 2 aliphatic rings. The van der Waals surface area contributed by atoms with E-state index in [1.54, 1.807) is 14.2 Å². The highest BCUT2D eigenvalue weighted by Gasteiger charge is 2.36. The van der Waals surface area contributed by atoms with Crippen LogP contribution in [0.1, 0.15) is 24.0 Å². The second-order valence-corrected chi connectivity index (χ2v) is 7.91. The summed E-state index contributed by atoms with van der Waals surface area (Å²) in [5.74, 6) is 0.997. The average molecular weight is 383 g/mol. The molecule has 28 heavy (non-hydrogen) atoms. The second kappa shape index (κ2) is 8.41. The Labute approximate surface area is 167 Å². The Hall–Kier alpha value is -2.24. The van der Waals surface area contributed by atoms with Crippen molar-refractivity contribution in [1.82, 2.24) is 9.80 Å². The third kappa shape index (κ3) is 3.96. The lowest BCUT2D eigenvalue weighted by Gasteiger charge is -2.44. The Morgan fingerprint density at radius 3 is 2.39 bits per heavy atom. The predicted octanol–water partition coefficient (Wildman–Crippen LogP) is 3.30. The maximum atomic E-state index is 10.2. The Kier molecular flexibility index (Phi) is 5.74. The van der Waals surface area contributed by atoms with Gasteiger partial charge in [-0.15, -0.1) is 0 Å². The normalized spacial score (nSPS) is 22.8. The zero-order valence-corrected chi connectivity index (χ0v) is 16.8. The smallest absolute Gasteiger partial charge is 0.200 e. The van der Waals surface area contributed by atoms with Gasteiger partial charge in [0.05, 0.1) is 14.2 Å². The molecule has 4 rings (SSSR count). The van der Waals surface area contributed by atoms with Crippen molar-refractivity contribution in [3.8, 4) is 17.2 Å². The highest BCUT2D eigenvalue weighted by Crippen LogP contribution is 2.38. The topological polar surface area (TPSA) is 45.2 Å². The van der Waals surface area contributed by atoms with E-state index in [4.69, 9.17) is 9.47 Å². The first kappa shape index (κ1) is 19.1. The number of ether oxygens (including phenoxy) is 2. The largest absolute Gasteiger partial charge is 0.502 e. The number of hydrogen-bond donors (Lipinski definition) is 1. The summed E-state index contributed by atoms with van der Waals surface area (Å²) >= 11 is 0. The molecule has 5 heteroatoms.